The van der Waals surface area contributed by atoms with Crippen LogP contribution in [0.5, 0.6) is 0 Å². The van der Waals surface area contributed by atoms with Crippen LogP contribution in [0.15, 0.2) is 48.5 Å². The van der Waals surface area contributed by atoms with Gasteiger partial charge in [0.25, 0.3) is 0 Å². The van der Waals surface area contributed by atoms with E-state index in [0.29, 0.717) is 0 Å². The first-order valence-corrected chi connectivity index (χ1v) is 15.1. The lowest BCUT2D eigenvalue weighted by atomic mass is 9.69. The minimum absolute atomic E-state index is 0.0198. The van der Waals surface area contributed by atoms with Gasteiger partial charge in [-0.15, -0.1) is 0 Å². The van der Waals surface area contributed by atoms with Crippen molar-refractivity contribution in [3.8, 4) is 0 Å². The summed E-state index contributed by atoms with van der Waals surface area (Å²) >= 11 is 0. The van der Waals surface area contributed by atoms with E-state index in [9.17, 15) is 0 Å². The van der Waals surface area contributed by atoms with Gasteiger partial charge >= 0.3 is 0 Å². The van der Waals surface area contributed by atoms with E-state index in [1.165, 1.54) is 110 Å². The van der Waals surface area contributed by atoms with Crippen LogP contribution in [0, 0.1) is 0 Å². The highest BCUT2D eigenvalue weighted by molar-refractivity contribution is 5.44. The van der Waals surface area contributed by atoms with Gasteiger partial charge in [0, 0.05) is 56.4 Å². The molecule has 4 aromatic heterocycles. The lowest BCUT2D eigenvalue weighted by Crippen LogP contribution is -2.33. The molecule has 0 unspecified atom stereocenters. The summed E-state index contributed by atoms with van der Waals surface area (Å²) in [5.41, 5.74) is 10.4. The fourth-order valence-electron chi connectivity index (χ4n) is 8.12. The zero-order chi connectivity index (χ0) is 26.2. The average Bonchev–Trinajstić information content (AvgIpc) is 3.75. The third-order valence-electron chi connectivity index (χ3n) is 10.9. The normalized spacial score (nSPS) is 23.1. The van der Waals surface area contributed by atoms with Crippen molar-refractivity contribution in [3.63, 3.8) is 0 Å². The molecular formula is C34H44N4. The molecule has 2 fully saturated rings. The monoisotopic (exact) mass is 508 g/mol. The smallest absolute Gasteiger partial charge is 0.0503 e. The maximum absolute atomic E-state index is 3.99. The van der Waals surface area contributed by atoms with E-state index < -0.39 is 0 Å². The lowest BCUT2D eigenvalue weighted by molar-refractivity contribution is 0.329. The summed E-state index contributed by atoms with van der Waals surface area (Å²) in [7, 11) is 0. The molecule has 2 spiro atoms. The number of fused-ring (bicyclic) bond motifs is 12. The molecule has 3 aliphatic rings. The standard InChI is InChI=1S/C34H44N4/c1-31(2)23-11-15-27(35-23)33(19-7-5-8-20-33)29-17-13-25(37-29)32(3,4)26-14-18-30(38-26)34(21-9-6-10-22-34)28-16-12-24(31)36-28/h11-18,35-38H,5-10,19-22H2,1-4H3. The molecule has 38 heavy (non-hydrogen) atoms. The van der Waals surface area contributed by atoms with Crippen LogP contribution < -0.4 is 0 Å². The molecular weight excluding hydrogens is 464 g/mol. The number of H-pyrrole nitrogens is 4. The van der Waals surface area contributed by atoms with Gasteiger partial charge in [0.1, 0.15) is 0 Å². The van der Waals surface area contributed by atoms with Crippen LogP contribution in [0.4, 0.5) is 0 Å². The van der Waals surface area contributed by atoms with E-state index in [1.54, 1.807) is 0 Å². The molecule has 0 aromatic carbocycles. The van der Waals surface area contributed by atoms with Crippen molar-refractivity contribution < 1.29 is 0 Å². The quantitative estimate of drug-likeness (QED) is 0.184. The van der Waals surface area contributed by atoms with E-state index in [4.69, 9.17) is 0 Å². The molecule has 2 saturated carbocycles. The molecule has 0 amide bonds. The summed E-state index contributed by atoms with van der Waals surface area (Å²) in [5.74, 6) is 0. The van der Waals surface area contributed by atoms with Crippen LogP contribution in [0.3, 0.4) is 0 Å². The van der Waals surface area contributed by atoms with Gasteiger partial charge in [-0.2, -0.15) is 0 Å². The third-order valence-corrected chi connectivity index (χ3v) is 10.9. The number of aromatic nitrogens is 4. The van der Waals surface area contributed by atoms with Crippen molar-refractivity contribution in [1.29, 1.82) is 0 Å². The van der Waals surface area contributed by atoms with Gasteiger partial charge in [0.05, 0.1) is 10.8 Å². The Morgan fingerprint density at radius 3 is 0.868 bits per heavy atom. The predicted molar refractivity (Wildman–Crippen MR) is 155 cm³/mol. The Morgan fingerprint density at radius 1 is 0.368 bits per heavy atom. The van der Waals surface area contributed by atoms with Gasteiger partial charge in [-0.25, -0.2) is 0 Å². The maximum Gasteiger partial charge on any atom is 0.0503 e. The fourth-order valence-corrected chi connectivity index (χ4v) is 8.12. The summed E-state index contributed by atoms with van der Waals surface area (Å²) in [6, 6.07) is 18.9. The van der Waals surface area contributed by atoms with E-state index in [2.05, 4.69) is 96.2 Å². The van der Waals surface area contributed by atoms with Gasteiger partial charge in [0.15, 0.2) is 0 Å². The van der Waals surface area contributed by atoms with E-state index in [0.717, 1.165) is 0 Å². The highest BCUT2D eigenvalue weighted by Gasteiger charge is 2.43. The van der Waals surface area contributed by atoms with Crippen molar-refractivity contribution in [1.82, 2.24) is 19.9 Å². The molecule has 8 bridgehead atoms. The summed E-state index contributed by atoms with van der Waals surface area (Å²) in [6.07, 6.45) is 12.5. The zero-order valence-corrected chi connectivity index (χ0v) is 23.7. The predicted octanol–water partition coefficient (Wildman–Crippen LogP) is 8.46. The van der Waals surface area contributed by atoms with Crippen molar-refractivity contribution in [2.45, 2.75) is 114 Å². The summed E-state index contributed by atoms with van der Waals surface area (Å²) < 4.78 is 0. The van der Waals surface area contributed by atoms with E-state index in [-0.39, 0.29) is 21.7 Å². The Hall–Kier alpha value is -2.88. The first kappa shape index (κ1) is 24.2. The van der Waals surface area contributed by atoms with Gasteiger partial charge in [-0.05, 0) is 102 Å². The summed E-state index contributed by atoms with van der Waals surface area (Å²) in [6.45, 7) is 9.46. The molecule has 4 nitrogen and oxygen atoms in total. The molecule has 0 saturated heterocycles. The van der Waals surface area contributed by atoms with Crippen LogP contribution in [0.25, 0.3) is 0 Å². The molecule has 4 aromatic rings. The number of aromatic amines is 4. The minimum atomic E-state index is -0.136. The highest BCUT2D eigenvalue weighted by Crippen LogP contribution is 2.48. The van der Waals surface area contributed by atoms with Crippen LogP contribution in [0.2, 0.25) is 0 Å². The minimum Gasteiger partial charge on any atom is -0.361 e. The molecule has 1 aliphatic heterocycles. The van der Waals surface area contributed by atoms with Gasteiger partial charge in [-0.1, -0.05) is 38.5 Å². The van der Waals surface area contributed by atoms with E-state index >= 15 is 0 Å². The van der Waals surface area contributed by atoms with Crippen LogP contribution in [-0.2, 0) is 21.7 Å². The second-order valence-corrected chi connectivity index (χ2v) is 13.7. The summed E-state index contributed by atoms with van der Waals surface area (Å²) in [4.78, 5) is 16.0. The SMILES string of the molecule is CC1(C)c2ccc([nH]2)C2(CCCCC2)c2ccc([nH]2)C(C)(C)c2ccc([nH]2)C2(CCCCC2)c2ccc1[nH]2. The molecule has 200 valence electrons. The molecule has 5 heterocycles. The van der Waals surface area contributed by atoms with E-state index in [1.807, 2.05) is 0 Å². The number of nitrogens with one attached hydrogen (secondary N) is 4. The number of hydrogen-bond donors (Lipinski definition) is 4. The molecule has 0 radical (unpaired) electrons. The Balaban J connectivity index is 1.46. The first-order chi connectivity index (χ1) is 18.3. The zero-order valence-electron chi connectivity index (χ0n) is 23.7. The molecule has 2 aliphatic carbocycles. The second kappa shape index (κ2) is 8.31. The second-order valence-electron chi connectivity index (χ2n) is 13.7. The van der Waals surface area contributed by atoms with Crippen LogP contribution >= 0.6 is 0 Å². The summed E-state index contributed by atoms with van der Waals surface area (Å²) in [5, 5.41) is 0. The van der Waals surface area contributed by atoms with Crippen molar-refractivity contribution >= 4 is 0 Å². The van der Waals surface area contributed by atoms with Crippen molar-refractivity contribution in [3.05, 3.63) is 94.1 Å². The van der Waals surface area contributed by atoms with Crippen molar-refractivity contribution in [2.24, 2.45) is 0 Å². The largest absolute Gasteiger partial charge is 0.361 e. The van der Waals surface area contributed by atoms with Gasteiger partial charge in [0.2, 0.25) is 0 Å². The maximum atomic E-state index is 3.99. The Morgan fingerprint density at radius 2 is 0.605 bits per heavy atom. The topological polar surface area (TPSA) is 63.2 Å². The number of rotatable bonds is 0. The van der Waals surface area contributed by atoms with Crippen molar-refractivity contribution in [2.75, 3.05) is 0 Å². The number of hydrogen-bond acceptors (Lipinski definition) is 0. The van der Waals surface area contributed by atoms with Crippen LogP contribution in [-0.4, -0.2) is 19.9 Å². The fraction of sp³-hybridized carbons (Fsp3) is 0.529. The Bertz CT molecular complexity index is 1240. The molecule has 4 heteroatoms. The average molecular weight is 509 g/mol. The molecule has 4 N–H and O–H groups in total. The Labute approximate surface area is 227 Å². The first-order valence-electron chi connectivity index (χ1n) is 15.1. The van der Waals surface area contributed by atoms with Crippen LogP contribution in [0.1, 0.15) is 137 Å². The van der Waals surface area contributed by atoms with Gasteiger partial charge in [-0.3, -0.25) is 0 Å². The third kappa shape index (κ3) is 3.34. The molecule has 7 rings (SSSR count). The lowest BCUT2D eigenvalue weighted by Gasteiger charge is -2.37. The van der Waals surface area contributed by atoms with Gasteiger partial charge < -0.3 is 19.9 Å². The highest BCUT2D eigenvalue weighted by atomic mass is 14.9. The molecule has 0 atom stereocenters. The Kier molecular flexibility index (Phi) is 5.29.